The Hall–Kier alpha value is -2.17. The lowest BCUT2D eigenvalue weighted by molar-refractivity contribution is -0.139. The van der Waals surface area contributed by atoms with Crippen molar-refractivity contribution in [1.29, 1.82) is 0 Å². The number of fused-ring (bicyclic) bond motifs is 1. The predicted molar refractivity (Wildman–Crippen MR) is 65.0 cm³/mol. The van der Waals surface area contributed by atoms with E-state index in [9.17, 15) is 4.79 Å². The molecule has 0 aliphatic rings. The molecule has 17 heavy (non-hydrogen) atoms. The number of carbonyl (C=O) groups is 1. The van der Waals surface area contributed by atoms with E-state index in [4.69, 9.17) is 10.5 Å². The summed E-state index contributed by atoms with van der Waals surface area (Å²) < 4.78 is 9.85. The highest BCUT2D eigenvalue weighted by Gasteiger charge is 2.10. The Morgan fingerprint density at radius 1 is 1.35 bits per heavy atom. The molecule has 1 aromatic carbocycles. The van der Waals surface area contributed by atoms with Crippen molar-refractivity contribution in [2.24, 2.45) is 0 Å². The van der Waals surface area contributed by atoms with Crippen molar-refractivity contribution in [2.75, 3.05) is 20.0 Å². The summed E-state index contributed by atoms with van der Waals surface area (Å²) in [7, 11) is 2.95. The van der Waals surface area contributed by atoms with Gasteiger partial charge in [0.1, 0.15) is 5.75 Å². The lowest BCUT2D eigenvalue weighted by atomic mass is 10.2. The maximum absolute atomic E-state index is 11.2. The zero-order valence-electron chi connectivity index (χ0n) is 9.74. The predicted octanol–water partition coefficient (Wildman–Crippen LogP) is 1.47. The van der Waals surface area contributed by atoms with Crippen LogP contribution in [0.25, 0.3) is 10.9 Å². The number of nitrogen functional groups attached to an aromatic ring is 1. The van der Waals surface area contributed by atoms with E-state index < -0.39 is 0 Å². The number of H-pyrrole nitrogens is 1. The van der Waals surface area contributed by atoms with Crippen molar-refractivity contribution < 1.29 is 14.3 Å². The number of nitrogens with one attached hydrogen (secondary N) is 1. The molecule has 0 fully saturated rings. The summed E-state index contributed by atoms with van der Waals surface area (Å²) in [5, 5.41) is 0.903. The van der Waals surface area contributed by atoms with Crippen LogP contribution in [0.4, 0.5) is 5.69 Å². The molecule has 0 aliphatic heterocycles. The Kier molecular flexibility index (Phi) is 2.91. The summed E-state index contributed by atoms with van der Waals surface area (Å²) in [5.41, 5.74) is 7.98. The molecule has 0 aliphatic carbocycles. The molecule has 3 N–H and O–H groups in total. The Bertz CT molecular complexity index is 560. The maximum Gasteiger partial charge on any atom is 0.311 e. The monoisotopic (exact) mass is 234 g/mol. The van der Waals surface area contributed by atoms with Crippen molar-refractivity contribution in [1.82, 2.24) is 4.98 Å². The van der Waals surface area contributed by atoms with Crippen molar-refractivity contribution in [3.63, 3.8) is 0 Å². The van der Waals surface area contributed by atoms with E-state index in [1.807, 2.05) is 6.07 Å². The van der Waals surface area contributed by atoms with Crippen LogP contribution in [0.5, 0.6) is 5.75 Å². The van der Waals surface area contributed by atoms with Crippen LogP contribution in [0.15, 0.2) is 18.2 Å². The molecular formula is C12H14N2O3. The molecule has 1 aromatic heterocycles. The van der Waals surface area contributed by atoms with Crippen molar-refractivity contribution in [3.05, 3.63) is 23.9 Å². The van der Waals surface area contributed by atoms with Crippen LogP contribution in [-0.2, 0) is 16.0 Å². The van der Waals surface area contributed by atoms with E-state index in [2.05, 4.69) is 9.72 Å². The molecule has 0 unspecified atom stereocenters. The molecule has 0 radical (unpaired) electrons. The highest BCUT2D eigenvalue weighted by atomic mass is 16.5. The Morgan fingerprint density at radius 2 is 2.12 bits per heavy atom. The number of hydrogen-bond acceptors (Lipinski definition) is 4. The zero-order chi connectivity index (χ0) is 12.4. The molecule has 0 saturated carbocycles. The first-order valence-electron chi connectivity index (χ1n) is 5.16. The normalized spacial score (nSPS) is 10.5. The molecule has 0 saturated heterocycles. The lowest BCUT2D eigenvalue weighted by Crippen LogP contribution is -2.04. The average molecular weight is 234 g/mol. The zero-order valence-corrected chi connectivity index (χ0v) is 9.74. The first kappa shape index (κ1) is 11.3. The van der Waals surface area contributed by atoms with Gasteiger partial charge in [-0.1, -0.05) is 0 Å². The first-order chi connectivity index (χ1) is 8.13. The Labute approximate surface area is 98.5 Å². The van der Waals surface area contributed by atoms with Crippen LogP contribution in [0.3, 0.4) is 0 Å². The fourth-order valence-corrected chi connectivity index (χ4v) is 1.78. The number of anilines is 1. The van der Waals surface area contributed by atoms with E-state index in [-0.39, 0.29) is 12.4 Å². The van der Waals surface area contributed by atoms with E-state index in [1.54, 1.807) is 19.2 Å². The van der Waals surface area contributed by atoms with E-state index in [0.29, 0.717) is 11.4 Å². The Balaban J connectivity index is 2.45. The molecule has 0 atom stereocenters. The van der Waals surface area contributed by atoms with Crippen LogP contribution < -0.4 is 10.5 Å². The Morgan fingerprint density at radius 3 is 2.76 bits per heavy atom. The van der Waals surface area contributed by atoms with Gasteiger partial charge in [0.2, 0.25) is 0 Å². The maximum atomic E-state index is 11.2. The lowest BCUT2D eigenvalue weighted by Gasteiger charge is -2.02. The highest BCUT2D eigenvalue weighted by Crippen LogP contribution is 2.29. The summed E-state index contributed by atoms with van der Waals surface area (Å²) >= 11 is 0. The van der Waals surface area contributed by atoms with Crippen LogP contribution in [-0.4, -0.2) is 25.2 Å². The minimum atomic E-state index is -0.288. The van der Waals surface area contributed by atoms with Gasteiger partial charge in [-0.2, -0.15) is 0 Å². The van der Waals surface area contributed by atoms with Crippen LogP contribution >= 0.6 is 0 Å². The largest absolute Gasteiger partial charge is 0.496 e. The molecule has 90 valence electrons. The summed E-state index contributed by atoms with van der Waals surface area (Å²) in [4.78, 5) is 14.3. The first-order valence-corrected chi connectivity index (χ1v) is 5.16. The topological polar surface area (TPSA) is 77.3 Å². The third-order valence-electron chi connectivity index (χ3n) is 2.56. The summed E-state index contributed by atoms with van der Waals surface area (Å²) in [6.45, 7) is 0. The minimum absolute atomic E-state index is 0.203. The van der Waals surface area contributed by atoms with E-state index in [0.717, 1.165) is 16.6 Å². The number of esters is 1. The number of benzene rings is 1. The number of aromatic amines is 1. The molecule has 0 bridgehead atoms. The van der Waals surface area contributed by atoms with Gasteiger partial charge in [0.05, 0.1) is 26.2 Å². The third kappa shape index (κ3) is 2.18. The van der Waals surface area contributed by atoms with Crippen molar-refractivity contribution in [2.45, 2.75) is 6.42 Å². The SMILES string of the molecule is COC(=O)Cc1cc2c(OC)cc(N)cc2[nH]1. The molecule has 2 rings (SSSR count). The number of hydrogen-bond donors (Lipinski definition) is 2. The number of aromatic nitrogens is 1. The molecular weight excluding hydrogens is 220 g/mol. The van der Waals surface area contributed by atoms with E-state index in [1.165, 1.54) is 7.11 Å². The second-order valence-corrected chi connectivity index (χ2v) is 3.73. The van der Waals surface area contributed by atoms with Gasteiger partial charge in [-0.15, -0.1) is 0 Å². The minimum Gasteiger partial charge on any atom is -0.496 e. The number of rotatable bonds is 3. The van der Waals surface area contributed by atoms with Gasteiger partial charge in [-0.05, 0) is 12.1 Å². The number of carbonyl (C=O) groups excluding carboxylic acids is 1. The summed E-state index contributed by atoms with van der Waals surface area (Å²) in [6.07, 6.45) is 0.203. The average Bonchev–Trinajstić information content (AvgIpc) is 2.69. The van der Waals surface area contributed by atoms with Gasteiger partial charge < -0.3 is 20.2 Å². The molecule has 5 nitrogen and oxygen atoms in total. The molecule has 5 heteroatoms. The molecule has 0 spiro atoms. The third-order valence-corrected chi connectivity index (χ3v) is 2.56. The number of nitrogens with two attached hydrogens (primary N) is 1. The van der Waals surface area contributed by atoms with Crippen LogP contribution in [0, 0.1) is 0 Å². The van der Waals surface area contributed by atoms with Crippen molar-refractivity contribution in [3.8, 4) is 5.75 Å². The fourth-order valence-electron chi connectivity index (χ4n) is 1.78. The highest BCUT2D eigenvalue weighted by molar-refractivity contribution is 5.90. The van der Waals surface area contributed by atoms with Crippen LogP contribution in [0.1, 0.15) is 5.69 Å². The molecule has 0 amide bonds. The smallest absolute Gasteiger partial charge is 0.311 e. The molecule has 1 heterocycles. The number of methoxy groups -OCH3 is 2. The van der Waals surface area contributed by atoms with E-state index >= 15 is 0 Å². The summed E-state index contributed by atoms with van der Waals surface area (Å²) in [6, 6.07) is 5.42. The molecule has 2 aromatic rings. The van der Waals surface area contributed by atoms with Gasteiger partial charge in [-0.25, -0.2) is 0 Å². The quantitative estimate of drug-likeness (QED) is 0.622. The second kappa shape index (κ2) is 4.37. The fraction of sp³-hybridized carbons (Fsp3) is 0.250. The number of ether oxygens (including phenoxy) is 2. The van der Waals surface area contributed by atoms with Crippen molar-refractivity contribution >= 4 is 22.6 Å². The summed E-state index contributed by atoms with van der Waals surface area (Å²) in [5.74, 6) is 0.399. The standard InChI is InChI=1S/C12H14N2O3/c1-16-11-4-7(13)3-10-9(11)5-8(14-10)6-12(15)17-2/h3-5,14H,6,13H2,1-2H3. The van der Waals surface area contributed by atoms with Gasteiger partial charge in [0.15, 0.2) is 0 Å². The van der Waals surface area contributed by atoms with Crippen LogP contribution in [0.2, 0.25) is 0 Å². The van der Waals surface area contributed by atoms with Gasteiger partial charge in [0, 0.05) is 22.8 Å². The van der Waals surface area contributed by atoms with Gasteiger partial charge in [-0.3, -0.25) is 4.79 Å². The van der Waals surface area contributed by atoms with Gasteiger partial charge >= 0.3 is 5.97 Å². The van der Waals surface area contributed by atoms with Gasteiger partial charge in [0.25, 0.3) is 0 Å². The second-order valence-electron chi connectivity index (χ2n) is 3.73.